The van der Waals surface area contributed by atoms with Crippen LogP contribution in [-0.4, -0.2) is 40.0 Å². The van der Waals surface area contributed by atoms with Gasteiger partial charge in [0.2, 0.25) is 0 Å². The number of nitrogens with one attached hydrogen (secondary N) is 1. The van der Waals surface area contributed by atoms with Crippen LogP contribution in [0.2, 0.25) is 0 Å². The number of rotatable bonds is 1. The van der Waals surface area contributed by atoms with Gasteiger partial charge in [-0.25, -0.2) is 4.79 Å². The summed E-state index contributed by atoms with van der Waals surface area (Å²) in [5.41, 5.74) is 2.48. The number of phenols is 1. The van der Waals surface area contributed by atoms with Crippen LogP contribution in [0.5, 0.6) is 5.75 Å². The SMILES string of the molecule is Cc1c[nH]c2c(O)cc3c(c12)[C@H](CO)CN3C(=O)OC(C)(C)C. The molecular weight excluding hydrogens is 296 g/mol. The number of ether oxygens (including phenoxy) is 1. The molecule has 0 saturated carbocycles. The number of aliphatic hydroxyl groups is 1. The van der Waals surface area contributed by atoms with Gasteiger partial charge in [0.1, 0.15) is 11.4 Å². The zero-order chi connectivity index (χ0) is 16.9. The molecule has 6 nitrogen and oxygen atoms in total. The van der Waals surface area contributed by atoms with Crippen molar-refractivity contribution in [1.82, 2.24) is 4.98 Å². The number of H-pyrrole nitrogens is 1. The predicted molar refractivity (Wildman–Crippen MR) is 88.1 cm³/mol. The van der Waals surface area contributed by atoms with Crippen LogP contribution in [0.15, 0.2) is 12.3 Å². The number of fused-ring (bicyclic) bond motifs is 3. The molecule has 1 amide bonds. The molecular formula is C17H22N2O4. The lowest BCUT2D eigenvalue weighted by Gasteiger charge is -2.25. The summed E-state index contributed by atoms with van der Waals surface area (Å²) in [5.74, 6) is -0.117. The van der Waals surface area contributed by atoms with Gasteiger partial charge in [0, 0.05) is 30.1 Å². The van der Waals surface area contributed by atoms with E-state index in [-0.39, 0.29) is 18.3 Å². The largest absolute Gasteiger partial charge is 0.506 e. The van der Waals surface area contributed by atoms with Crippen molar-refractivity contribution in [2.45, 2.75) is 39.2 Å². The average Bonchev–Trinajstić information content (AvgIpc) is 2.98. The molecule has 0 spiro atoms. The Balaban J connectivity index is 2.14. The van der Waals surface area contributed by atoms with Crippen molar-refractivity contribution in [2.24, 2.45) is 0 Å². The highest BCUT2D eigenvalue weighted by Crippen LogP contribution is 2.45. The van der Waals surface area contributed by atoms with Crippen LogP contribution in [0.3, 0.4) is 0 Å². The molecule has 0 radical (unpaired) electrons. The molecule has 0 aliphatic carbocycles. The number of aromatic hydroxyl groups is 1. The first-order valence-corrected chi connectivity index (χ1v) is 7.68. The number of amides is 1. The monoisotopic (exact) mass is 318 g/mol. The van der Waals surface area contributed by atoms with E-state index in [0.29, 0.717) is 17.7 Å². The Morgan fingerprint density at radius 1 is 1.48 bits per heavy atom. The molecule has 0 bridgehead atoms. The molecule has 124 valence electrons. The number of carbonyl (C=O) groups excluding carboxylic acids is 1. The molecule has 0 unspecified atom stereocenters. The van der Waals surface area contributed by atoms with Gasteiger partial charge in [-0.15, -0.1) is 0 Å². The first kappa shape index (κ1) is 15.7. The van der Waals surface area contributed by atoms with Crippen molar-refractivity contribution >= 4 is 22.7 Å². The number of aromatic amines is 1. The maximum absolute atomic E-state index is 12.5. The van der Waals surface area contributed by atoms with Crippen molar-refractivity contribution in [1.29, 1.82) is 0 Å². The highest BCUT2D eigenvalue weighted by Gasteiger charge is 2.37. The Bertz CT molecular complexity index is 773. The van der Waals surface area contributed by atoms with Gasteiger partial charge in [-0.1, -0.05) is 0 Å². The fourth-order valence-electron chi connectivity index (χ4n) is 3.16. The molecule has 23 heavy (non-hydrogen) atoms. The molecule has 2 aromatic rings. The van der Waals surface area contributed by atoms with Crippen molar-refractivity contribution in [3.63, 3.8) is 0 Å². The number of phenolic OH excluding ortho intramolecular Hbond substituents is 1. The summed E-state index contributed by atoms with van der Waals surface area (Å²) in [6.45, 7) is 7.62. The maximum Gasteiger partial charge on any atom is 0.414 e. The first-order valence-electron chi connectivity index (χ1n) is 7.68. The lowest BCUT2D eigenvalue weighted by molar-refractivity contribution is 0.0581. The Labute approximate surface area is 134 Å². The van der Waals surface area contributed by atoms with E-state index in [4.69, 9.17) is 4.74 Å². The van der Waals surface area contributed by atoms with Crippen molar-refractivity contribution in [2.75, 3.05) is 18.1 Å². The Morgan fingerprint density at radius 3 is 2.78 bits per heavy atom. The number of aromatic nitrogens is 1. The van der Waals surface area contributed by atoms with E-state index in [0.717, 1.165) is 16.5 Å². The van der Waals surface area contributed by atoms with Crippen LogP contribution in [-0.2, 0) is 4.74 Å². The summed E-state index contributed by atoms with van der Waals surface area (Å²) in [4.78, 5) is 17.0. The average molecular weight is 318 g/mol. The predicted octanol–water partition coefficient (Wildman–Crippen LogP) is 3.01. The number of carbonyl (C=O) groups is 1. The highest BCUT2D eigenvalue weighted by atomic mass is 16.6. The van der Waals surface area contributed by atoms with Gasteiger partial charge in [0.25, 0.3) is 0 Å². The summed E-state index contributed by atoms with van der Waals surface area (Å²) in [6.07, 6.45) is 1.34. The third-order valence-electron chi connectivity index (χ3n) is 4.09. The van der Waals surface area contributed by atoms with E-state index in [2.05, 4.69) is 4.98 Å². The molecule has 3 N–H and O–H groups in total. The van der Waals surface area contributed by atoms with Gasteiger partial charge < -0.3 is 19.9 Å². The van der Waals surface area contributed by atoms with Crippen LogP contribution >= 0.6 is 0 Å². The van der Waals surface area contributed by atoms with Gasteiger partial charge in [0.15, 0.2) is 0 Å². The van der Waals surface area contributed by atoms with Gasteiger partial charge in [-0.3, -0.25) is 4.90 Å². The van der Waals surface area contributed by atoms with E-state index in [1.54, 1.807) is 6.07 Å². The minimum atomic E-state index is -0.606. The molecule has 1 aromatic heterocycles. The zero-order valence-corrected chi connectivity index (χ0v) is 13.8. The van der Waals surface area contributed by atoms with Gasteiger partial charge >= 0.3 is 6.09 Å². The topological polar surface area (TPSA) is 85.8 Å². The number of hydrogen-bond donors (Lipinski definition) is 3. The molecule has 0 saturated heterocycles. The van der Waals surface area contributed by atoms with Crippen molar-refractivity contribution in [3.8, 4) is 5.75 Å². The van der Waals surface area contributed by atoms with Crippen LogP contribution in [0.1, 0.15) is 37.8 Å². The van der Waals surface area contributed by atoms with Crippen molar-refractivity contribution in [3.05, 3.63) is 23.4 Å². The number of hydrogen-bond acceptors (Lipinski definition) is 4. The van der Waals surface area contributed by atoms with E-state index < -0.39 is 11.7 Å². The second kappa shape index (κ2) is 5.16. The number of aliphatic hydroxyl groups excluding tert-OH is 1. The minimum absolute atomic E-state index is 0.0726. The summed E-state index contributed by atoms with van der Waals surface area (Å²) < 4.78 is 5.45. The third-order valence-corrected chi connectivity index (χ3v) is 4.09. The van der Waals surface area contributed by atoms with Gasteiger partial charge in [-0.2, -0.15) is 0 Å². The molecule has 0 fully saturated rings. The molecule has 3 rings (SSSR count). The van der Waals surface area contributed by atoms with E-state index in [1.165, 1.54) is 4.90 Å². The Hall–Kier alpha value is -2.21. The smallest absolute Gasteiger partial charge is 0.414 e. The Kier molecular flexibility index (Phi) is 3.52. The summed E-state index contributed by atoms with van der Waals surface area (Å²) in [6, 6.07) is 1.56. The minimum Gasteiger partial charge on any atom is -0.506 e. The third kappa shape index (κ3) is 2.53. The van der Waals surface area contributed by atoms with Gasteiger partial charge in [0.05, 0.1) is 17.8 Å². The fourth-order valence-corrected chi connectivity index (χ4v) is 3.16. The summed E-state index contributed by atoms with van der Waals surface area (Å²) >= 11 is 0. The van der Waals surface area contributed by atoms with E-state index in [9.17, 15) is 15.0 Å². The molecule has 1 aliphatic heterocycles. The standard InChI is InChI=1S/C17H22N2O4/c1-9-6-18-15-12(21)5-11-14(13(9)15)10(8-20)7-19(11)16(22)23-17(2,3)4/h5-6,10,18,20-21H,7-8H2,1-4H3/t10-/m0/s1. The second-order valence-electron chi connectivity index (χ2n) is 7.02. The summed E-state index contributed by atoms with van der Waals surface area (Å²) in [5, 5.41) is 20.9. The molecule has 2 heterocycles. The first-order chi connectivity index (χ1) is 10.7. The number of aryl methyl sites for hydroxylation is 1. The fraction of sp³-hybridized carbons (Fsp3) is 0.471. The molecule has 1 aliphatic rings. The molecule has 1 aromatic carbocycles. The number of nitrogens with zero attached hydrogens (tertiary/aromatic N) is 1. The summed E-state index contributed by atoms with van der Waals surface area (Å²) in [7, 11) is 0. The lowest BCUT2D eigenvalue weighted by atomic mass is 9.96. The quantitative estimate of drug-likeness (QED) is 0.754. The normalized spacial score (nSPS) is 17.6. The van der Waals surface area contributed by atoms with E-state index in [1.807, 2.05) is 33.9 Å². The van der Waals surface area contributed by atoms with Crippen molar-refractivity contribution < 1.29 is 19.7 Å². The zero-order valence-electron chi connectivity index (χ0n) is 13.8. The maximum atomic E-state index is 12.5. The second-order valence-corrected chi connectivity index (χ2v) is 7.02. The van der Waals surface area contributed by atoms with Crippen LogP contribution in [0.25, 0.3) is 10.9 Å². The highest BCUT2D eigenvalue weighted by molar-refractivity contribution is 6.02. The number of anilines is 1. The van der Waals surface area contributed by atoms with E-state index >= 15 is 0 Å². The van der Waals surface area contributed by atoms with Gasteiger partial charge in [-0.05, 0) is 38.8 Å². The number of benzene rings is 1. The molecule has 6 heteroatoms. The Morgan fingerprint density at radius 2 is 2.17 bits per heavy atom. The van der Waals surface area contributed by atoms with Crippen LogP contribution in [0, 0.1) is 6.92 Å². The van der Waals surface area contributed by atoms with Crippen LogP contribution in [0.4, 0.5) is 10.5 Å². The lowest BCUT2D eigenvalue weighted by Crippen LogP contribution is -2.36. The van der Waals surface area contributed by atoms with Crippen LogP contribution < -0.4 is 4.90 Å². The molecule has 1 atom stereocenters.